The molecule has 2 rings (SSSR count). The van der Waals surface area contributed by atoms with Gasteiger partial charge in [0, 0.05) is 12.3 Å². The molecule has 0 aromatic heterocycles. The van der Waals surface area contributed by atoms with Gasteiger partial charge in [0.25, 0.3) is 5.91 Å². The highest BCUT2D eigenvalue weighted by Gasteiger charge is 2.26. The number of rotatable bonds is 3. The van der Waals surface area contributed by atoms with Crippen molar-refractivity contribution in [3.63, 3.8) is 0 Å². The number of carbonyl (C=O) groups excluding carboxylic acids is 1. The minimum Gasteiger partial charge on any atom is -0.349 e. The molecule has 0 bridgehead atoms. The van der Waals surface area contributed by atoms with Gasteiger partial charge in [-0.05, 0) is 25.0 Å². The van der Waals surface area contributed by atoms with Crippen molar-refractivity contribution < 1.29 is 22.0 Å². The number of amides is 1. The molecular formula is C13H15F2NO3S. The van der Waals surface area contributed by atoms with Crippen LogP contribution in [0.15, 0.2) is 17.0 Å². The lowest BCUT2D eigenvalue weighted by atomic mass is 10.1. The zero-order valence-corrected chi connectivity index (χ0v) is 11.8. The fourth-order valence-corrected chi connectivity index (χ4v) is 3.10. The van der Waals surface area contributed by atoms with Crippen molar-refractivity contribution in [1.29, 1.82) is 0 Å². The minimum absolute atomic E-state index is 0.108. The second kappa shape index (κ2) is 5.47. The second-order valence-electron chi connectivity index (χ2n) is 4.96. The fourth-order valence-electron chi connectivity index (χ4n) is 2.36. The van der Waals surface area contributed by atoms with Crippen LogP contribution in [-0.4, -0.2) is 26.6 Å². The summed E-state index contributed by atoms with van der Waals surface area (Å²) in [7, 11) is -3.86. The average Bonchev–Trinajstić information content (AvgIpc) is 2.79. The molecule has 4 nitrogen and oxygen atoms in total. The van der Waals surface area contributed by atoms with Gasteiger partial charge in [0.05, 0.1) is 0 Å². The molecule has 1 amide bonds. The van der Waals surface area contributed by atoms with Crippen LogP contribution in [0.5, 0.6) is 0 Å². The molecule has 1 aliphatic rings. The molecule has 0 heterocycles. The van der Waals surface area contributed by atoms with Crippen molar-refractivity contribution in [2.75, 3.05) is 6.26 Å². The highest BCUT2D eigenvalue weighted by atomic mass is 32.2. The Hall–Kier alpha value is -1.50. The van der Waals surface area contributed by atoms with Gasteiger partial charge in [-0.1, -0.05) is 12.8 Å². The molecule has 1 N–H and O–H groups in total. The van der Waals surface area contributed by atoms with Gasteiger partial charge in [-0.25, -0.2) is 17.2 Å². The van der Waals surface area contributed by atoms with E-state index in [-0.39, 0.29) is 6.04 Å². The van der Waals surface area contributed by atoms with Crippen molar-refractivity contribution in [3.8, 4) is 0 Å². The molecule has 1 fully saturated rings. The van der Waals surface area contributed by atoms with E-state index >= 15 is 0 Å². The van der Waals surface area contributed by atoms with Crippen LogP contribution in [0.1, 0.15) is 36.0 Å². The molecule has 20 heavy (non-hydrogen) atoms. The molecule has 0 aliphatic heterocycles. The van der Waals surface area contributed by atoms with E-state index in [1.54, 1.807) is 0 Å². The molecule has 0 radical (unpaired) electrons. The first-order valence-electron chi connectivity index (χ1n) is 6.29. The molecule has 0 spiro atoms. The zero-order chi connectivity index (χ0) is 14.9. The molecule has 0 saturated heterocycles. The Bertz CT molecular complexity index is 637. The van der Waals surface area contributed by atoms with E-state index in [4.69, 9.17) is 0 Å². The van der Waals surface area contributed by atoms with Crippen molar-refractivity contribution in [1.82, 2.24) is 5.32 Å². The Morgan fingerprint density at radius 2 is 1.85 bits per heavy atom. The Balaban J connectivity index is 2.37. The van der Waals surface area contributed by atoms with Crippen LogP contribution < -0.4 is 5.32 Å². The summed E-state index contributed by atoms with van der Waals surface area (Å²) in [6.45, 7) is 0. The Morgan fingerprint density at radius 1 is 1.25 bits per heavy atom. The summed E-state index contributed by atoms with van der Waals surface area (Å²) in [4.78, 5) is 11.3. The molecule has 0 atom stereocenters. The first-order chi connectivity index (χ1) is 9.30. The Labute approximate surface area is 116 Å². The summed E-state index contributed by atoms with van der Waals surface area (Å²) in [5.41, 5.74) is -0.833. The highest BCUT2D eigenvalue weighted by Crippen LogP contribution is 2.23. The zero-order valence-electron chi connectivity index (χ0n) is 10.9. The number of hydrogen-bond donors (Lipinski definition) is 1. The third-order valence-corrected chi connectivity index (χ3v) is 4.49. The summed E-state index contributed by atoms with van der Waals surface area (Å²) in [5.74, 6) is -3.30. The number of halogens is 2. The third kappa shape index (κ3) is 2.98. The van der Waals surface area contributed by atoms with Crippen LogP contribution in [0.25, 0.3) is 0 Å². The van der Waals surface area contributed by atoms with E-state index in [9.17, 15) is 22.0 Å². The van der Waals surface area contributed by atoms with Crippen LogP contribution in [0.4, 0.5) is 8.78 Å². The minimum atomic E-state index is -3.86. The van der Waals surface area contributed by atoms with E-state index in [1.807, 2.05) is 0 Å². The van der Waals surface area contributed by atoms with E-state index < -0.39 is 37.8 Å². The monoisotopic (exact) mass is 303 g/mol. The molecule has 1 aliphatic carbocycles. The van der Waals surface area contributed by atoms with Crippen molar-refractivity contribution in [3.05, 3.63) is 29.3 Å². The molecule has 1 aromatic rings. The first-order valence-corrected chi connectivity index (χ1v) is 8.19. The number of sulfone groups is 1. The van der Waals surface area contributed by atoms with Gasteiger partial charge >= 0.3 is 0 Å². The van der Waals surface area contributed by atoms with Gasteiger partial charge in [-0.3, -0.25) is 4.79 Å². The lowest BCUT2D eigenvalue weighted by molar-refractivity contribution is 0.0928. The van der Waals surface area contributed by atoms with Crippen molar-refractivity contribution >= 4 is 15.7 Å². The second-order valence-corrected chi connectivity index (χ2v) is 6.95. The summed E-state index contributed by atoms with van der Waals surface area (Å²) in [6.07, 6.45) is 4.25. The highest BCUT2D eigenvalue weighted by molar-refractivity contribution is 7.90. The van der Waals surface area contributed by atoms with Gasteiger partial charge in [-0.15, -0.1) is 0 Å². The lowest BCUT2D eigenvalue weighted by Gasteiger charge is -2.13. The van der Waals surface area contributed by atoms with Gasteiger partial charge in [0.2, 0.25) is 0 Å². The molecule has 1 aromatic carbocycles. The summed E-state index contributed by atoms with van der Waals surface area (Å²) < 4.78 is 50.5. The topological polar surface area (TPSA) is 63.2 Å². The normalized spacial score (nSPS) is 16.4. The molecule has 7 heteroatoms. The largest absolute Gasteiger partial charge is 0.349 e. The van der Waals surface area contributed by atoms with Gasteiger partial charge < -0.3 is 5.32 Å². The number of benzene rings is 1. The van der Waals surface area contributed by atoms with Gasteiger partial charge in [0.15, 0.2) is 15.7 Å². The maximum absolute atomic E-state index is 14.1. The van der Waals surface area contributed by atoms with Crippen LogP contribution in [-0.2, 0) is 9.84 Å². The van der Waals surface area contributed by atoms with Crippen LogP contribution in [0.2, 0.25) is 0 Å². The summed E-state index contributed by atoms with van der Waals surface area (Å²) >= 11 is 0. The maximum Gasteiger partial charge on any atom is 0.257 e. The Kier molecular flexibility index (Phi) is 4.08. The lowest BCUT2D eigenvalue weighted by Crippen LogP contribution is -2.34. The fraction of sp³-hybridized carbons (Fsp3) is 0.462. The number of nitrogens with one attached hydrogen (secondary N) is 1. The van der Waals surface area contributed by atoms with E-state index in [2.05, 4.69) is 5.32 Å². The van der Waals surface area contributed by atoms with Crippen molar-refractivity contribution in [2.45, 2.75) is 36.6 Å². The van der Waals surface area contributed by atoms with Crippen LogP contribution in [0, 0.1) is 11.6 Å². The predicted molar refractivity (Wildman–Crippen MR) is 69.2 cm³/mol. The summed E-state index contributed by atoms with van der Waals surface area (Å²) in [5, 5.41) is 2.54. The molecule has 110 valence electrons. The third-order valence-electron chi connectivity index (χ3n) is 3.37. The maximum atomic E-state index is 14.1. The smallest absolute Gasteiger partial charge is 0.257 e. The van der Waals surface area contributed by atoms with Crippen molar-refractivity contribution in [2.24, 2.45) is 0 Å². The predicted octanol–water partition coefficient (Wildman–Crippen LogP) is 2.04. The number of carbonyl (C=O) groups is 1. The molecular weight excluding hydrogens is 288 g/mol. The average molecular weight is 303 g/mol. The van der Waals surface area contributed by atoms with Crippen LogP contribution >= 0.6 is 0 Å². The molecule has 0 unspecified atom stereocenters. The Morgan fingerprint density at radius 3 is 2.40 bits per heavy atom. The number of hydrogen-bond acceptors (Lipinski definition) is 3. The SMILES string of the molecule is CS(=O)(=O)c1ccc(F)c(C(=O)NC2CCCC2)c1F. The van der Waals surface area contributed by atoms with E-state index in [1.165, 1.54) is 0 Å². The van der Waals surface area contributed by atoms with Crippen LogP contribution in [0.3, 0.4) is 0 Å². The van der Waals surface area contributed by atoms with E-state index in [0.29, 0.717) is 0 Å². The van der Waals surface area contributed by atoms with E-state index in [0.717, 1.165) is 44.1 Å². The first kappa shape index (κ1) is 14.9. The quantitative estimate of drug-likeness (QED) is 0.869. The standard InChI is InChI=1S/C13H15F2NO3S/c1-20(18,19)10-7-6-9(14)11(12(10)15)13(17)16-8-4-2-3-5-8/h6-8H,2-5H2,1H3,(H,16,17). The summed E-state index contributed by atoms with van der Waals surface area (Å²) in [6, 6.07) is 1.51. The van der Waals surface area contributed by atoms with Gasteiger partial charge in [-0.2, -0.15) is 0 Å². The van der Waals surface area contributed by atoms with Gasteiger partial charge in [0.1, 0.15) is 16.3 Å². The molecule has 1 saturated carbocycles.